The molecule has 0 atom stereocenters. The minimum Gasteiger partial charge on any atom is -0.370 e. The molecule has 1 fully saturated rings. The summed E-state index contributed by atoms with van der Waals surface area (Å²) in [6.07, 6.45) is 7.62. The fourth-order valence-electron chi connectivity index (χ4n) is 2.17. The first-order chi connectivity index (χ1) is 7.77. The number of nitrogens with zero attached hydrogens (tertiary/aromatic N) is 2. The molecule has 3 heteroatoms. The Balaban J connectivity index is 2.41. The van der Waals surface area contributed by atoms with E-state index in [2.05, 4.69) is 23.7 Å². The van der Waals surface area contributed by atoms with Crippen molar-refractivity contribution in [3.8, 4) is 0 Å². The Morgan fingerprint density at radius 3 is 2.19 bits per heavy atom. The molecule has 1 heterocycles. The molecule has 0 saturated carbocycles. The van der Waals surface area contributed by atoms with Gasteiger partial charge in [0.05, 0.1) is 0 Å². The van der Waals surface area contributed by atoms with Gasteiger partial charge in [0.2, 0.25) is 0 Å². The van der Waals surface area contributed by atoms with Crippen LogP contribution in [-0.4, -0.2) is 30.5 Å². The Hall–Kier alpha value is -0.730. The fraction of sp³-hybridized carbons (Fsp3) is 0.923. The average molecular weight is 225 g/mol. The van der Waals surface area contributed by atoms with Crippen molar-refractivity contribution in [2.45, 2.75) is 52.4 Å². The summed E-state index contributed by atoms with van der Waals surface area (Å²) in [6, 6.07) is 0. The van der Waals surface area contributed by atoms with Gasteiger partial charge < -0.3 is 10.6 Å². The summed E-state index contributed by atoms with van der Waals surface area (Å²) < 4.78 is 0. The summed E-state index contributed by atoms with van der Waals surface area (Å²) in [5, 5.41) is 0. The highest BCUT2D eigenvalue weighted by Gasteiger charge is 2.11. The van der Waals surface area contributed by atoms with Crippen LogP contribution < -0.4 is 5.73 Å². The fourth-order valence-corrected chi connectivity index (χ4v) is 2.17. The zero-order valence-corrected chi connectivity index (χ0v) is 10.9. The van der Waals surface area contributed by atoms with Crippen molar-refractivity contribution >= 4 is 5.96 Å². The predicted molar refractivity (Wildman–Crippen MR) is 70.6 cm³/mol. The molecule has 0 unspecified atom stereocenters. The third kappa shape index (κ3) is 4.42. The molecule has 0 radical (unpaired) electrons. The maximum Gasteiger partial charge on any atom is 0.191 e. The molecule has 1 aliphatic heterocycles. The van der Waals surface area contributed by atoms with E-state index in [-0.39, 0.29) is 0 Å². The zero-order valence-electron chi connectivity index (χ0n) is 10.9. The zero-order chi connectivity index (χ0) is 11.8. The first-order valence-electron chi connectivity index (χ1n) is 6.82. The molecule has 1 rings (SSSR count). The maximum absolute atomic E-state index is 6.05. The molecule has 16 heavy (non-hydrogen) atoms. The normalized spacial score (nSPS) is 18.9. The monoisotopic (exact) mass is 225 g/mol. The maximum atomic E-state index is 6.05. The molecule has 1 aliphatic rings. The topological polar surface area (TPSA) is 41.6 Å². The van der Waals surface area contributed by atoms with E-state index in [0.717, 1.165) is 25.6 Å². The van der Waals surface area contributed by atoms with Crippen molar-refractivity contribution < 1.29 is 0 Å². The van der Waals surface area contributed by atoms with Crippen molar-refractivity contribution in [1.82, 2.24) is 4.90 Å². The number of likely N-dealkylation sites (tertiary alicyclic amines) is 1. The third-order valence-electron chi connectivity index (χ3n) is 3.60. The Morgan fingerprint density at radius 2 is 1.69 bits per heavy atom. The van der Waals surface area contributed by atoms with Gasteiger partial charge in [0, 0.05) is 19.6 Å². The molecule has 3 nitrogen and oxygen atoms in total. The van der Waals surface area contributed by atoms with E-state index < -0.39 is 0 Å². The van der Waals surface area contributed by atoms with Gasteiger partial charge in [-0.1, -0.05) is 39.5 Å². The van der Waals surface area contributed by atoms with Crippen molar-refractivity contribution in [2.24, 2.45) is 16.6 Å². The Bertz CT molecular complexity index is 201. The molecular weight excluding hydrogens is 198 g/mol. The van der Waals surface area contributed by atoms with E-state index in [0.29, 0.717) is 5.92 Å². The lowest BCUT2D eigenvalue weighted by molar-refractivity contribution is 0.423. The first kappa shape index (κ1) is 13.3. The predicted octanol–water partition coefficient (Wildman–Crippen LogP) is 2.61. The largest absolute Gasteiger partial charge is 0.370 e. The highest BCUT2D eigenvalue weighted by atomic mass is 15.2. The molecule has 1 saturated heterocycles. The summed E-state index contributed by atoms with van der Waals surface area (Å²) in [5.74, 6) is 1.47. The molecule has 0 aromatic heterocycles. The number of hydrogen-bond donors (Lipinski definition) is 1. The van der Waals surface area contributed by atoms with Crippen LogP contribution in [0.5, 0.6) is 0 Å². The van der Waals surface area contributed by atoms with Gasteiger partial charge in [0.25, 0.3) is 0 Å². The SMILES string of the molecule is CCC(CC)CN=C(N)N1CCCCCC1. The van der Waals surface area contributed by atoms with Crippen LogP contribution in [0.2, 0.25) is 0 Å². The summed E-state index contributed by atoms with van der Waals surface area (Å²) in [4.78, 5) is 6.81. The molecule has 2 N–H and O–H groups in total. The lowest BCUT2D eigenvalue weighted by Crippen LogP contribution is -2.38. The molecule has 0 aliphatic carbocycles. The van der Waals surface area contributed by atoms with Crippen LogP contribution >= 0.6 is 0 Å². The number of guanidine groups is 1. The van der Waals surface area contributed by atoms with Gasteiger partial charge in [0.15, 0.2) is 5.96 Å². The van der Waals surface area contributed by atoms with Crippen molar-refractivity contribution in [2.75, 3.05) is 19.6 Å². The smallest absolute Gasteiger partial charge is 0.191 e. The number of hydrogen-bond acceptors (Lipinski definition) is 1. The minimum atomic E-state index is 0.700. The van der Waals surface area contributed by atoms with Crippen molar-refractivity contribution in [3.05, 3.63) is 0 Å². The summed E-state index contributed by atoms with van der Waals surface area (Å²) in [5.41, 5.74) is 6.05. The van der Waals surface area contributed by atoms with Crippen LogP contribution in [0, 0.1) is 5.92 Å². The average Bonchev–Trinajstić information content (AvgIpc) is 2.58. The molecule has 0 aromatic rings. The van der Waals surface area contributed by atoms with Crippen LogP contribution in [0.4, 0.5) is 0 Å². The van der Waals surface area contributed by atoms with Gasteiger partial charge in [-0.3, -0.25) is 4.99 Å². The molecular formula is C13H27N3. The Labute approximate surface area is 100 Å². The highest BCUT2D eigenvalue weighted by molar-refractivity contribution is 5.78. The standard InChI is InChI=1S/C13H27N3/c1-3-12(4-2)11-15-13(14)16-9-7-5-6-8-10-16/h12H,3-11H2,1-2H3,(H2,14,15). The van der Waals surface area contributed by atoms with Crippen molar-refractivity contribution in [3.63, 3.8) is 0 Å². The van der Waals surface area contributed by atoms with E-state index in [1.807, 2.05) is 0 Å². The van der Waals surface area contributed by atoms with Crippen LogP contribution in [0.15, 0.2) is 4.99 Å². The quantitative estimate of drug-likeness (QED) is 0.590. The van der Waals surface area contributed by atoms with E-state index in [9.17, 15) is 0 Å². The Morgan fingerprint density at radius 1 is 1.12 bits per heavy atom. The summed E-state index contributed by atoms with van der Waals surface area (Å²) in [7, 11) is 0. The van der Waals surface area contributed by atoms with Crippen LogP contribution in [0.25, 0.3) is 0 Å². The molecule has 0 spiro atoms. The second-order valence-electron chi connectivity index (χ2n) is 4.78. The summed E-state index contributed by atoms with van der Waals surface area (Å²) >= 11 is 0. The Kier molecular flexibility index (Phi) is 6.27. The number of aliphatic imine (C=N–C) groups is 1. The lowest BCUT2D eigenvalue weighted by atomic mass is 10.0. The van der Waals surface area contributed by atoms with Gasteiger partial charge in [0.1, 0.15) is 0 Å². The van der Waals surface area contributed by atoms with Crippen LogP contribution in [0.3, 0.4) is 0 Å². The van der Waals surface area contributed by atoms with Crippen LogP contribution in [-0.2, 0) is 0 Å². The third-order valence-corrected chi connectivity index (χ3v) is 3.60. The van der Waals surface area contributed by atoms with Gasteiger partial charge in [-0.2, -0.15) is 0 Å². The van der Waals surface area contributed by atoms with Crippen molar-refractivity contribution in [1.29, 1.82) is 0 Å². The van der Waals surface area contributed by atoms with Gasteiger partial charge in [-0.05, 0) is 18.8 Å². The van der Waals surface area contributed by atoms with E-state index in [1.54, 1.807) is 0 Å². The van der Waals surface area contributed by atoms with Gasteiger partial charge >= 0.3 is 0 Å². The van der Waals surface area contributed by atoms with Crippen LogP contribution in [0.1, 0.15) is 52.4 Å². The second kappa shape index (κ2) is 7.53. The first-order valence-corrected chi connectivity index (χ1v) is 6.82. The second-order valence-corrected chi connectivity index (χ2v) is 4.78. The number of nitrogens with two attached hydrogens (primary N) is 1. The lowest BCUT2D eigenvalue weighted by Gasteiger charge is -2.21. The van der Waals surface area contributed by atoms with Gasteiger partial charge in [-0.15, -0.1) is 0 Å². The highest BCUT2D eigenvalue weighted by Crippen LogP contribution is 2.10. The minimum absolute atomic E-state index is 0.700. The summed E-state index contributed by atoms with van der Waals surface area (Å²) in [6.45, 7) is 7.55. The van der Waals surface area contributed by atoms with Gasteiger partial charge in [-0.25, -0.2) is 0 Å². The molecule has 0 amide bonds. The number of rotatable bonds is 4. The van der Waals surface area contributed by atoms with E-state index in [1.165, 1.54) is 38.5 Å². The molecule has 94 valence electrons. The molecule has 0 bridgehead atoms. The van der Waals surface area contributed by atoms with E-state index >= 15 is 0 Å². The van der Waals surface area contributed by atoms with E-state index in [4.69, 9.17) is 5.73 Å². The molecule has 0 aromatic carbocycles.